The van der Waals surface area contributed by atoms with E-state index < -0.39 is 40.6 Å². The Morgan fingerprint density at radius 1 is 1.08 bits per heavy atom. The maximum atomic E-state index is 14.9. The number of hydrogen-bond acceptors (Lipinski definition) is 4. The van der Waals surface area contributed by atoms with E-state index in [9.17, 15) is 31.9 Å². The number of carbonyl (C=O) groups is 2. The fraction of sp³-hybridized carbons (Fsp3) is 0.192. The lowest BCUT2D eigenvalue weighted by Gasteiger charge is -2.34. The molecule has 0 radical (unpaired) electrons. The highest BCUT2D eigenvalue weighted by Gasteiger charge is 2.36. The van der Waals surface area contributed by atoms with Crippen molar-refractivity contribution in [2.45, 2.75) is 18.6 Å². The summed E-state index contributed by atoms with van der Waals surface area (Å²) in [6.45, 7) is 0.206. The number of rotatable bonds is 5. The van der Waals surface area contributed by atoms with Crippen molar-refractivity contribution in [1.82, 2.24) is 9.88 Å². The van der Waals surface area contributed by atoms with Crippen LogP contribution in [0.25, 0.3) is 0 Å². The second-order valence-electron chi connectivity index (χ2n) is 8.22. The van der Waals surface area contributed by atoms with Crippen molar-refractivity contribution in [2.75, 3.05) is 19.0 Å². The zero-order valence-electron chi connectivity index (χ0n) is 19.4. The van der Waals surface area contributed by atoms with Crippen LogP contribution >= 0.6 is 0 Å². The molecule has 11 heteroatoms. The number of amides is 2. The molecule has 2 N–H and O–H groups in total. The molecular weight excluding hydrogens is 494 g/mol. The second kappa shape index (κ2) is 10.3. The van der Waals surface area contributed by atoms with E-state index in [4.69, 9.17) is 4.74 Å². The molecule has 0 saturated carbocycles. The fourth-order valence-electron chi connectivity index (χ4n) is 4.06. The molecule has 2 heterocycles. The molecule has 1 aromatic heterocycles. The first-order valence-electron chi connectivity index (χ1n) is 11.1. The summed E-state index contributed by atoms with van der Waals surface area (Å²) in [6, 6.07) is 9.55. The van der Waals surface area contributed by atoms with Gasteiger partial charge in [-0.05, 0) is 48.9 Å². The average Bonchev–Trinajstić information content (AvgIpc) is 2.89. The van der Waals surface area contributed by atoms with Gasteiger partial charge in [0.2, 0.25) is 5.56 Å². The van der Waals surface area contributed by atoms with Crippen LogP contribution in [0.2, 0.25) is 0 Å². The number of aromatic amines is 1. The van der Waals surface area contributed by atoms with Crippen LogP contribution in [0, 0.1) is 5.82 Å². The Labute approximate surface area is 208 Å². The third-order valence-corrected chi connectivity index (χ3v) is 5.89. The van der Waals surface area contributed by atoms with Crippen LogP contribution in [0.1, 0.15) is 44.3 Å². The number of carbonyl (C=O) groups excluding carboxylic acids is 2. The molecule has 0 saturated heterocycles. The summed E-state index contributed by atoms with van der Waals surface area (Å²) in [5, 5.41) is 2.32. The van der Waals surface area contributed by atoms with Gasteiger partial charge in [-0.15, -0.1) is 0 Å². The van der Waals surface area contributed by atoms with E-state index in [2.05, 4.69) is 10.3 Å². The van der Waals surface area contributed by atoms with Crippen LogP contribution in [0.15, 0.2) is 71.7 Å². The predicted octanol–water partition coefficient (Wildman–Crippen LogP) is 4.94. The molecule has 1 atom stereocenters. The Hall–Kier alpha value is -4.41. The zero-order chi connectivity index (χ0) is 26.7. The molecule has 1 aliphatic heterocycles. The molecule has 2 amide bonds. The Balaban J connectivity index is 1.63. The minimum absolute atomic E-state index is 0.0205. The maximum absolute atomic E-state index is 14.9. The van der Waals surface area contributed by atoms with Crippen molar-refractivity contribution in [3.8, 4) is 5.75 Å². The Kier molecular flexibility index (Phi) is 7.14. The van der Waals surface area contributed by atoms with Gasteiger partial charge in [-0.2, -0.15) is 13.2 Å². The summed E-state index contributed by atoms with van der Waals surface area (Å²) in [4.78, 5) is 40.8. The summed E-state index contributed by atoms with van der Waals surface area (Å²) in [6.07, 6.45) is -0.411. The standard InChI is InChI=1S/C26H21F4N3O4/c1-37-17-8-5-15(6-9-17)25(36)33-11-3-2-4-22(33)18-12-16(7-10-21(18)27)32-24(35)19-14-31-23(34)13-20(19)26(28,29)30/h2-3,5-10,12-14,22H,4,11H2,1H3,(H,31,34)(H,32,35). The number of hydrogen-bond donors (Lipinski definition) is 2. The summed E-state index contributed by atoms with van der Waals surface area (Å²) in [7, 11) is 1.50. The SMILES string of the molecule is COc1ccc(C(=O)N2CC=CCC2c2cc(NC(=O)c3c[nH]c(=O)cc3C(F)(F)F)ccc2F)cc1. The van der Waals surface area contributed by atoms with Gasteiger partial charge in [0.15, 0.2) is 0 Å². The number of aromatic nitrogens is 1. The smallest absolute Gasteiger partial charge is 0.417 e. The third-order valence-electron chi connectivity index (χ3n) is 5.89. The maximum Gasteiger partial charge on any atom is 0.417 e. The van der Waals surface area contributed by atoms with E-state index in [1.807, 2.05) is 0 Å². The zero-order valence-corrected chi connectivity index (χ0v) is 19.4. The molecule has 3 aromatic rings. The molecule has 0 spiro atoms. The fourth-order valence-corrected chi connectivity index (χ4v) is 4.06. The molecule has 4 rings (SSSR count). The number of anilines is 1. The van der Waals surface area contributed by atoms with E-state index in [-0.39, 0.29) is 30.1 Å². The summed E-state index contributed by atoms with van der Waals surface area (Å²) < 4.78 is 60.1. The normalized spacial score (nSPS) is 15.4. The van der Waals surface area contributed by atoms with E-state index in [0.717, 1.165) is 6.07 Å². The summed E-state index contributed by atoms with van der Waals surface area (Å²) >= 11 is 0. The summed E-state index contributed by atoms with van der Waals surface area (Å²) in [5.74, 6) is -1.58. The molecule has 192 valence electrons. The Bertz CT molecular complexity index is 1410. The third kappa shape index (κ3) is 5.55. The molecule has 7 nitrogen and oxygen atoms in total. The van der Waals surface area contributed by atoms with Crippen molar-refractivity contribution >= 4 is 17.5 Å². The largest absolute Gasteiger partial charge is 0.497 e. The topological polar surface area (TPSA) is 91.5 Å². The average molecular weight is 515 g/mol. The first kappa shape index (κ1) is 25.7. The first-order valence-corrected chi connectivity index (χ1v) is 11.1. The highest BCUT2D eigenvalue weighted by molar-refractivity contribution is 6.05. The molecular formula is C26H21F4N3O4. The van der Waals surface area contributed by atoms with Crippen LogP contribution in [0.3, 0.4) is 0 Å². The van der Waals surface area contributed by atoms with Gasteiger partial charge < -0.3 is 19.9 Å². The van der Waals surface area contributed by atoms with E-state index in [1.165, 1.54) is 24.1 Å². The Morgan fingerprint density at radius 2 is 1.81 bits per heavy atom. The van der Waals surface area contributed by atoms with Gasteiger partial charge in [0.05, 0.1) is 24.3 Å². The van der Waals surface area contributed by atoms with Crippen LogP contribution in [-0.4, -0.2) is 35.4 Å². The molecule has 1 unspecified atom stereocenters. The highest BCUT2D eigenvalue weighted by Crippen LogP contribution is 2.34. The van der Waals surface area contributed by atoms with Crippen molar-refractivity contribution in [1.29, 1.82) is 0 Å². The lowest BCUT2D eigenvalue weighted by atomic mass is 9.96. The lowest BCUT2D eigenvalue weighted by molar-refractivity contribution is -0.138. The first-order chi connectivity index (χ1) is 17.6. The van der Waals surface area contributed by atoms with Crippen LogP contribution in [0.5, 0.6) is 5.75 Å². The van der Waals surface area contributed by atoms with Gasteiger partial charge in [-0.25, -0.2) is 4.39 Å². The van der Waals surface area contributed by atoms with Crippen LogP contribution < -0.4 is 15.6 Å². The monoisotopic (exact) mass is 515 g/mol. The quantitative estimate of drug-likeness (QED) is 0.372. The van der Waals surface area contributed by atoms with Crippen molar-refractivity contribution in [3.63, 3.8) is 0 Å². The number of alkyl halides is 3. The van der Waals surface area contributed by atoms with Gasteiger partial charge in [0.25, 0.3) is 11.8 Å². The number of methoxy groups -OCH3 is 1. The van der Waals surface area contributed by atoms with Gasteiger partial charge in [-0.3, -0.25) is 14.4 Å². The van der Waals surface area contributed by atoms with Crippen LogP contribution in [-0.2, 0) is 6.18 Å². The molecule has 37 heavy (non-hydrogen) atoms. The van der Waals surface area contributed by atoms with Gasteiger partial charge in [0, 0.05) is 35.6 Å². The molecule has 0 fully saturated rings. The van der Waals surface area contributed by atoms with Crippen molar-refractivity contribution < 1.29 is 31.9 Å². The van der Waals surface area contributed by atoms with Crippen molar-refractivity contribution in [3.05, 3.63) is 105 Å². The number of nitrogens with one attached hydrogen (secondary N) is 2. The number of nitrogens with zero attached hydrogens (tertiary/aromatic N) is 1. The second-order valence-corrected chi connectivity index (χ2v) is 8.22. The number of H-pyrrole nitrogens is 1. The molecule has 1 aliphatic rings. The predicted molar refractivity (Wildman–Crippen MR) is 127 cm³/mol. The Morgan fingerprint density at radius 3 is 2.49 bits per heavy atom. The number of pyridine rings is 1. The van der Waals surface area contributed by atoms with E-state index in [1.54, 1.807) is 36.4 Å². The number of halogens is 4. The lowest BCUT2D eigenvalue weighted by Crippen LogP contribution is -2.37. The molecule has 0 bridgehead atoms. The number of benzene rings is 2. The van der Waals surface area contributed by atoms with Gasteiger partial charge in [-0.1, -0.05) is 12.2 Å². The van der Waals surface area contributed by atoms with E-state index in [0.29, 0.717) is 23.6 Å². The number of ether oxygens (including phenoxy) is 1. The minimum Gasteiger partial charge on any atom is -0.497 e. The molecule has 2 aromatic carbocycles. The van der Waals surface area contributed by atoms with Crippen LogP contribution in [0.4, 0.5) is 23.2 Å². The van der Waals surface area contributed by atoms with Gasteiger partial charge >= 0.3 is 6.18 Å². The van der Waals surface area contributed by atoms with Gasteiger partial charge in [0.1, 0.15) is 11.6 Å². The molecule has 0 aliphatic carbocycles. The van der Waals surface area contributed by atoms with Crippen molar-refractivity contribution in [2.24, 2.45) is 0 Å². The highest BCUT2D eigenvalue weighted by atomic mass is 19.4. The summed E-state index contributed by atoms with van der Waals surface area (Å²) in [5.41, 5.74) is -2.74. The minimum atomic E-state index is -4.94. The van der Waals surface area contributed by atoms with E-state index >= 15 is 0 Å².